The number of methoxy groups -OCH3 is 1. The van der Waals surface area contributed by atoms with Crippen LogP contribution in [0.25, 0.3) is 0 Å². The van der Waals surface area contributed by atoms with Gasteiger partial charge in [-0.1, -0.05) is 26.8 Å². The van der Waals surface area contributed by atoms with E-state index in [9.17, 15) is 9.59 Å². The van der Waals surface area contributed by atoms with Gasteiger partial charge >= 0.3 is 0 Å². The van der Waals surface area contributed by atoms with Gasteiger partial charge in [0.15, 0.2) is 5.13 Å². The molecular weight excluding hydrogens is 338 g/mol. The minimum absolute atomic E-state index is 0.0423. The molecule has 25 heavy (non-hydrogen) atoms. The van der Waals surface area contributed by atoms with Crippen LogP contribution >= 0.6 is 11.3 Å². The Morgan fingerprint density at radius 2 is 1.84 bits per heavy atom. The van der Waals surface area contributed by atoms with E-state index in [1.807, 2.05) is 18.2 Å². The van der Waals surface area contributed by atoms with E-state index in [0.29, 0.717) is 16.6 Å². The molecule has 2 rings (SSSR count). The van der Waals surface area contributed by atoms with Crippen molar-refractivity contribution in [3.05, 3.63) is 35.3 Å². The Kier molecular flexibility index (Phi) is 6.14. The fraction of sp³-hybridized carbons (Fsp3) is 0.389. The molecule has 2 aromatic rings. The Balaban J connectivity index is 1.96. The molecule has 134 valence electrons. The van der Waals surface area contributed by atoms with Crippen molar-refractivity contribution in [2.75, 3.05) is 17.7 Å². The van der Waals surface area contributed by atoms with E-state index < -0.39 is 0 Å². The van der Waals surface area contributed by atoms with E-state index in [0.717, 1.165) is 5.56 Å². The number of carbonyl (C=O) groups excluding carboxylic acids is 2. The average Bonchev–Trinajstić information content (AvgIpc) is 3.05. The molecule has 6 nitrogen and oxygen atoms in total. The van der Waals surface area contributed by atoms with Crippen molar-refractivity contribution in [2.45, 2.75) is 39.0 Å². The third kappa shape index (κ3) is 5.56. The molecule has 0 spiro atoms. The predicted molar refractivity (Wildman–Crippen MR) is 100 cm³/mol. The smallest absolute Gasteiger partial charge is 0.226 e. The predicted octanol–water partition coefficient (Wildman–Crippen LogP) is 3.81. The number of hydrogen-bond acceptors (Lipinski definition) is 5. The van der Waals surface area contributed by atoms with Gasteiger partial charge in [0.25, 0.3) is 0 Å². The highest BCUT2D eigenvalue weighted by Crippen LogP contribution is 2.31. The molecular formula is C18H23N3O3S. The van der Waals surface area contributed by atoms with Crippen molar-refractivity contribution in [2.24, 2.45) is 0 Å². The van der Waals surface area contributed by atoms with Gasteiger partial charge in [-0.05, 0) is 23.1 Å². The number of aromatic nitrogens is 1. The lowest BCUT2D eigenvalue weighted by Crippen LogP contribution is -2.18. The van der Waals surface area contributed by atoms with E-state index >= 15 is 0 Å². The van der Waals surface area contributed by atoms with Crippen LogP contribution in [-0.2, 0) is 15.0 Å². The Bertz CT molecular complexity index is 737. The lowest BCUT2D eigenvalue weighted by atomic mass is 9.87. The van der Waals surface area contributed by atoms with Gasteiger partial charge in [-0.2, -0.15) is 0 Å². The number of amides is 2. The molecule has 1 aromatic heterocycles. The summed E-state index contributed by atoms with van der Waals surface area (Å²) in [5.41, 5.74) is 1.66. The summed E-state index contributed by atoms with van der Waals surface area (Å²) in [6.45, 7) is 6.30. The maximum absolute atomic E-state index is 12.2. The fourth-order valence-electron chi connectivity index (χ4n) is 2.18. The molecule has 0 aliphatic rings. The summed E-state index contributed by atoms with van der Waals surface area (Å²) in [5, 5.41) is 7.79. The molecule has 1 heterocycles. The van der Waals surface area contributed by atoms with Gasteiger partial charge in [0.2, 0.25) is 11.8 Å². The first-order chi connectivity index (χ1) is 11.8. The fourth-order valence-corrected chi connectivity index (χ4v) is 2.72. The van der Waals surface area contributed by atoms with Crippen LogP contribution in [0, 0.1) is 0 Å². The van der Waals surface area contributed by atoms with Gasteiger partial charge < -0.3 is 15.4 Å². The number of hydrogen-bond donors (Lipinski definition) is 2. The second-order valence-corrected chi connectivity index (χ2v) is 7.49. The summed E-state index contributed by atoms with van der Waals surface area (Å²) in [4.78, 5) is 28.0. The van der Waals surface area contributed by atoms with Gasteiger partial charge in [-0.3, -0.25) is 9.59 Å². The molecule has 0 unspecified atom stereocenters. The van der Waals surface area contributed by atoms with E-state index in [4.69, 9.17) is 4.74 Å². The maximum Gasteiger partial charge on any atom is 0.226 e. The topological polar surface area (TPSA) is 80.3 Å². The van der Waals surface area contributed by atoms with Crippen LogP contribution in [0.15, 0.2) is 29.8 Å². The van der Waals surface area contributed by atoms with E-state index in [1.54, 1.807) is 18.7 Å². The zero-order chi connectivity index (χ0) is 18.4. The van der Waals surface area contributed by atoms with Gasteiger partial charge in [-0.15, -0.1) is 11.3 Å². The summed E-state index contributed by atoms with van der Waals surface area (Å²) in [6, 6.07) is 5.73. The number of benzene rings is 1. The summed E-state index contributed by atoms with van der Waals surface area (Å²) in [7, 11) is 1.56. The highest BCUT2D eigenvalue weighted by molar-refractivity contribution is 7.13. The molecule has 0 fully saturated rings. The Morgan fingerprint density at radius 3 is 2.40 bits per heavy atom. The molecule has 0 radical (unpaired) electrons. The van der Waals surface area contributed by atoms with Crippen LogP contribution in [0.5, 0.6) is 5.75 Å². The average molecular weight is 361 g/mol. The van der Waals surface area contributed by atoms with Gasteiger partial charge in [0.05, 0.1) is 12.8 Å². The first kappa shape index (κ1) is 18.9. The molecule has 2 N–H and O–H groups in total. The first-order valence-electron chi connectivity index (χ1n) is 7.97. The Morgan fingerprint density at radius 1 is 1.16 bits per heavy atom. The molecule has 0 aliphatic carbocycles. The van der Waals surface area contributed by atoms with Crippen molar-refractivity contribution >= 4 is 34.0 Å². The van der Waals surface area contributed by atoms with Gasteiger partial charge in [-0.25, -0.2) is 4.98 Å². The largest absolute Gasteiger partial charge is 0.495 e. The van der Waals surface area contributed by atoms with E-state index in [1.165, 1.54) is 11.3 Å². The number of ether oxygens (including phenoxy) is 1. The lowest BCUT2D eigenvalue weighted by molar-refractivity contribution is -0.121. The van der Waals surface area contributed by atoms with Crippen LogP contribution in [0.4, 0.5) is 10.8 Å². The Labute approximate surface area is 151 Å². The van der Waals surface area contributed by atoms with E-state index in [2.05, 4.69) is 36.4 Å². The number of nitrogens with zero attached hydrogens (tertiary/aromatic N) is 1. The summed E-state index contributed by atoms with van der Waals surface area (Å²) < 4.78 is 5.31. The standard InChI is InChI=1S/C18H23N3O3S/c1-18(2,3)12-5-6-14(24-4)13(11-12)20-15(22)7-8-16(23)21-17-19-9-10-25-17/h5-6,9-11H,7-8H2,1-4H3,(H,20,22)(H,19,21,23). The zero-order valence-corrected chi connectivity index (χ0v) is 15.7. The number of anilines is 2. The zero-order valence-electron chi connectivity index (χ0n) is 14.9. The lowest BCUT2D eigenvalue weighted by Gasteiger charge is -2.21. The maximum atomic E-state index is 12.2. The van der Waals surface area contributed by atoms with Gasteiger partial charge in [0.1, 0.15) is 5.75 Å². The molecule has 0 atom stereocenters. The normalized spacial score (nSPS) is 11.0. The number of rotatable bonds is 6. The molecule has 1 aromatic carbocycles. The highest BCUT2D eigenvalue weighted by Gasteiger charge is 2.17. The van der Waals surface area contributed by atoms with Gasteiger partial charge in [0, 0.05) is 24.4 Å². The van der Waals surface area contributed by atoms with E-state index in [-0.39, 0.29) is 30.1 Å². The van der Waals surface area contributed by atoms with Crippen LogP contribution in [0.1, 0.15) is 39.2 Å². The molecule has 0 saturated heterocycles. The summed E-state index contributed by atoms with van der Waals surface area (Å²) in [6.07, 6.45) is 1.79. The monoisotopic (exact) mass is 361 g/mol. The van der Waals surface area contributed by atoms with Crippen LogP contribution in [0.2, 0.25) is 0 Å². The minimum atomic E-state index is -0.237. The minimum Gasteiger partial charge on any atom is -0.495 e. The van der Waals surface area contributed by atoms with Crippen molar-refractivity contribution < 1.29 is 14.3 Å². The van der Waals surface area contributed by atoms with Crippen LogP contribution in [-0.4, -0.2) is 23.9 Å². The molecule has 2 amide bonds. The highest BCUT2D eigenvalue weighted by atomic mass is 32.1. The summed E-state index contributed by atoms with van der Waals surface area (Å²) >= 11 is 1.34. The van der Waals surface area contributed by atoms with Crippen molar-refractivity contribution in [1.29, 1.82) is 0 Å². The quantitative estimate of drug-likeness (QED) is 0.820. The molecule has 0 saturated carbocycles. The molecule has 7 heteroatoms. The number of thiazole rings is 1. The first-order valence-corrected chi connectivity index (χ1v) is 8.85. The Hall–Kier alpha value is -2.41. The SMILES string of the molecule is COc1ccc(C(C)(C)C)cc1NC(=O)CCC(=O)Nc1nccs1. The summed E-state index contributed by atoms with van der Waals surface area (Å²) in [5.74, 6) is 0.118. The third-order valence-electron chi connectivity index (χ3n) is 3.60. The van der Waals surface area contributed by atoms with Crippen molar-refractivity contribution in [3.8, 4) is 5.75 Å². The second-order valence-electron chi connectivity index (χ2n) is 6.60. The van der Waals surface area contributed by atoms with Crippen molar-refractivity contribution in [1.82, 2.24) is 4.98 Å². The van der Waals surface area contributed by atoms with Crippen LogP contribution < -0.4 is 15.4 Å². The third-order valence-corrected chi connectivity index (χ3v) is 4.29. The number of nitrogens with one attached hydrogen (secondary N) is 2. The number of carbonyl (C=O) groups is 2. The molecule has 0 bridgehead atoms. The second kappa shape index (κ2) is 8.11. The van der Waals surface area contributed by atoms with Crippen LogP contribution in [0.3, 0.4) is 0 Å². The molecule has 0 aliphatic heterocycles. The van der Waals surface area contributed by atoms with Crippen molar-refractivity contribution in [3.63, 3.8) is 0 Å².